The minimum absolute atomic E-state index is 0.0592. The summed E-state index contributed by atoms with van der Waals surface area (Å²) in [5.41, 5.74) is 8.02. The molecule has 4 nitrogen and oxygen atoms in total. The van der Waals surface area contributed by atoms with E-state index >= 15 is 0 Å². The molecule has 2 bridgehead atoms. The van der Waals surface area contributed by atoms with Crippen molar-refractivity contribution in [3.63, 3.8) is 0 Å². The van der Waals surface area contributed by atoms with E-state index in [0.29, 0.717) is 12.2 Å². The van der Waals surface area contributed by atoms with Gasteiger partial charge in [0.1, 0.15) is 12.9 Å². The van der Waals surface area contributed by atoms with Crippen molar-refractivity contribution in [3.05, 3.63) is 101 Å². The van der Waals surface area contributed by atoms with Gasteiger partial charge in [0.25, 0.3) is 0 Å². The lowest BCUT2D eigenvalue weighted by molar-refractivity contribution is 0.0539. The van der Waals surface area contributed by atoms with Crippen molar-refractivity contribution in [3.8, 4) is 11.1 Å². The summed E-state index contributed by atoms with van der Waals surface area (Å²) >= 11 is 0. The van der Waals surface area contributed by atoms with Crippen LogP contribution in [0, 0.1) is 0 Å². The van der Waals surface area contributed by atoms with E-state index in [-0.39, 0.29) is 24.1 Å². The molecule has 0 N–H and O–H groups in total. The van der Waals surface area contributed by atoms with Gasteiger partial charge in [0.2, 0.25) is 0 Å². The molecule has 0 aromatic heterocycles. The Kier molecular flexibility index (Phi) is 5.29. The van der Waals surface area contributed by atoms with E-state index in [4.69, 9.17) is 4.74 Å². The van der Waals surface area contributed by atoms with Crippen LogP contribution in [0.3, 0.4) is 0 Å². The van der Waals surface area contributed by atoms with Crippen LogP contribution in [0.25, 0.3) is 16.7 Å². The van der Waals surface area contributed by atoms with E-state index in [1.165, 1.54) is 27.8 Å². The van der Waals surface area contributed by atoms with Crippen molar-refractivity contribution in [1.29, 1.82) is 0 Å². The van der Waals surface area contributed by atoms with Crippen LogP contribution >= 0.6 is 0 Å². The lowest BCUT2D eigenvalue weighted by Crippen LogP contribution is -2.51. The maximum Gasteiger partial charge on any atom is 0.410 e. The number of ether oxygens (including phenoxy) is 1. The first kappa shape index (κ1) is 20.9. The standard InChI is InChI=1S/C30H27NO3/c32-18-20-12-14-21(15-13-20)22-16-23-6-5-7-24(17-22)31(23)30(33)34-19-29-27-10-3-1-8-25(27)26-9-2-4-11-28(26)29/h1-4,8-16,18,23-24,29H,5-7,17,19H2. The van der Waals surface area contributed by atoms with Crippen LogP contribution in [0.2, 0.25) is 0 Å². The molecule has 2 aliphatic heterocycles. The summed E-state index contributed by atoms with van der Waals surface area (Å²) in [6.45, 7) is 0.354. The molecule has 6 rings (SSSR count). The van der Waals surface area contributed by atoms with Gasteiger partial charge >= 0.3 is 6.09 Å². The Hall–Kier alpha value is -3.66. The van der Waals surface area contributed by atoms with Gasteiger partial charge in [-0.05, 0) is 59.1 Å². The first-order valence-corrected chi connectivity index (χ1v) is 12.1. The quantitative estimate of drug-likeness (QED) is 0.430. The molecular formula is C30H27NO3. The average Bonchev–Trinajstić information content (AvgIpc) is 3.20. The summed E-state index contributed by atoms with van der Waals surface area (Å²) in [6.07, 6.45) is 6.78. The highest BCUT2D eigenvalue weighted by molar-refractivity contribution is 5.80. The number of nitrogens with zero attached hydrogens (tertiary/aromatic N) is 1. The Bertz CT molecular complexity index is 1230. The second-order valence-corrected chi connectivity index (χ2v) is 9.50. The minimum atomic E-state index is -0.205. The zero-order chi connectivity index (χ0) is 23.1. The van der Waals surface area contributed by atoms with E-state index in [9.17, 15) is 9.59 Å². The van der Waals surface area contributed by atoms with Gasteiger partial charge in [-0.25, -0.2) is 4.79 Å². The molecule has 1 aliphatic carbocycles. The van der Waals surface area contributed by atoms with Crippen molar-refractivity contribution in [2.75, 3.05) is 6.61 Å². The van der Waals surface area contributed by atoms with Gasteiger partial charge in [0.05, 0.1) is 6.04 Å². The summed E-state index contributed by atoms with van der Waals surface area (Å²) in [4.78, 5) is 26.3. The molecule has 0 spiro atoms. The van der Waals surface area contributed by atoms with Gasteiger partial charge in [-0.1, -0.05) is 78.9 Å². The molecule has 34 heavy (non-hydrogen) atoms. The molecule has 1 saturated heterocycles. The van der Waals surface area contributed by atoms with Gasteiger partial charge in [0.15, 0.2) is 0 Å². The van der Waals surface area contributed by atoms with Crippen LogP contribution < -0.4 is 0 Å². The zero-order valence-electron chi connectivity index (χ0n) is 19.0. The predicted octanol–water partition coefficient (Wildman–Crippen LogP) is 6.46. The second kappa shape index (κ2) is 8.60. The zero-order valence-corrected chi connectivity index (χ0v) is 19.0. The van der Waals surface area contributed by atoms with Crippen molar-refractivity contribution in [2.45, 2.75) is 43.7 Å². The van der Waals surface area contributed by atoms with Crippen molar-refractivity contribution >= 4 is 18.0 Å². The fourth-order valence-corrected chi connectivity index (χ4v) is 5.97. The van der Waals surface area contributed by atoms with E-state index < -0.39 is 0 Å². The Labute approximate surface area is 199 Å². The van der Waals surface area contributed by atoms with Gasteiger partial charge in [0, 0.05) is 17.5 Å². The van der Waals surface area contributed by atoms with Gasteiger partial charge < -0.3 is 4.74 Å². The third-order valence-corrected chi connectivity index (χ3v) is 7.60. The second-order valence-electron chi connectivity index (χ2n) is 9.50. The molecule has 1 amide bonds. The van der Waals surface area contributed by atoms with Gasteiger partial charge in [-0.3, -0.25) is 9.69 Å². The number of benzene rings is 3. The minimum Gasteiger partial charge on any atom is -0.448 e. The van der Waals surface area contributed by atoms with E-state index in [0.717, 1.165) is 37.5 Å². The topological polar surface area (TPSA) is 46.6 Å². The third-order valence-electron chi connectivity index (χ3n) is 7.60. The Morgan fingerprint density at radius 3 is 2.24 bits per heavy atom. The SMILES string of the molecule is O=Cc1ccc(C2=CC3CCCC(C2)N3C(=O)OCC2c3ccccc3-c3ccccc32)cc1. The normalized spacial score (nSPS) is 20.8. The highest BCUT2D eigenvalue weighted by Crippen LogP contribution is 2.45. The number of rotatable bonds is 4. The number of hydrogen-bond donors (Lipinski definition) is 0. The summed E-state index contributed by atoms with van der Waals surface area (Å²) in [7, 11) is 0. The highest BCUT2D eigenvalue weighted by atomic mass is 16.6. The lowest BCUT2D eigenvalue weighted by Gasteiger charge is -2.44. The number of aldehydes is 1. The van der Waals surface area contributed by atoms with Crippen LogP contribution in [0.15, 0.2) is 78.9 Å². The van der Waals surface area contributed by atoms with Crippen molar-refractivity contribution < 1.29 is 14.3 Å². The fourth-order valence-electron chi connectivity index (χ4n) is 5.97. The Morgan fingerprint density at radius 2 is 1.59 bits per heavy atom. The van der Waals surface area contributed by atoms with Gasteiger partial charge in [-0.15, -0.1) is 0 Å². The molecular weight excluding hydrogens is 422 g/mol. The van der Waals surface area contributed by atoms with Crippen LogP contribution in [0.5, 0.6) is 0 Å². The number of amides is 1. The van der Waals surface area contributed by atoms with Crippen LogP contribution in [0.4, 0.5) is 4.79 Å². The number of fused-ring (bicyclic) bond motifs is 5. The van der Waals surface area contributed by atoms with Crippen molar-refractivity contribution in [2.24, 2.45) is 0 Å². The molecule has 3 aromatic carbocycles. The maximum absolute atomic E-state index is 13.4. The van der Waals surface area contributed by atoms with Gasteiger partial charge in [-0.2, -0.15) is 0 Å². The number of hydrogen-bond acceptors (Lipinski definition) is 3. The fraction of sp³-hybridized carbons (Fsp3) is 0.267. The van der Waals surface area contributed by atoms with Crippen molar-refractivity contribution in [1.82, 2.24) is 4.90 Å². The molecule has 4 heteroatoms. The molecule has 3 aliphatic rings. The average molecular weight is 450 g/mol. The summed E-state index contributed by atoms with van der Waals surface area (Å²) in [5.74, 6) is 0.0726. The van der Waals surface area contributed by atoms with Crippen LogP contribution in [-0.4, -0.2) is 36.0 Å². The Balaban J connectivity index is 1.21. The first-order valence-electron chi connectivity index (χ1n) is 12.1. The third kappa shape index (κ3) is 3.54. The number of carbonyl (C=O) groups is 2. The van der Waals surface area contributed by atoms with Crippen LogP contribution in [-0.2, 0) is 4.74 Å². The Morgan fingerprint density at radius 1 is 0.912 bits per heavy atom. The molecule has 2 atom stereocenters. The van der Waals surface area contributed by atoms with Crippen LogP contribution in [0.1, 0.15) is 58.6 Å². The molecule has 1 fully saturated rings. The lowest BCUT2D eigenvalue weighted by atomic mass is 9.83. The molecule has 3 aromatic rings. The molecule has 0 saturated carbocycles. The summed E-state index contributed by atoms with van der Waals surface area (Å²) < 4.78 is 6.01. The molecule has 0 radical (unpaired) electrons. The number of piperidine rings is 1. The highest BCUT2D eigenvalue weighted by Gasteiger charge is 2.39. The molecule has 170 valence electrons. The maximum atomic E-state index is 13.4. The summed E-state index contributed by atoms with van der Waals surface area (Å²) in [6, 6.07) is 24.8. The van der Waals surface area contributed by atoms with E-state index in [2.05, 4.69) is 54.6 Å². The number of carbonyl (C=O) groups excluding carboxylic acids is 2. The smallest absolute Gasteiger partial charge is 0.410 e. The van der Waals surface area contributed by atoms with E-state index in [1.807, 2.05) is 29.2 Å². The van der Waals surface area contributed by atoms with E-state index in [1.54, 1.807) is 0 Å². The monoisotopic (exact) mass is 449 g/mol. The first-order chi connectivity index (χ1) is 16.7. The molecule has 2 unspecified atom stereocenters. The molecule has 2 heterocycles. The summed E-state index contributed by atoms with van der Waals surface area (Å²) in [5, 5.41) is 0. The predicted molar refractivity (Wildman–Crippen MR) is 133 cm³/mol. The largest absolute Gasteiger partial charge is 0.448 e.